The molecule has 0 fully saturated rings. The molecule has 5 rings (SSSR count). The zero-order valence-corrected chi connectivity index (χ0v) is 21.6. The molecule has 0 bridgehead atoms. The van der Waals surface area contributed by atoms with Crippen LogP contribution in [0.4, 0.5) is 5.13 Å². The maximum absolute atomic E-state index is 13.4. The molecule has 3 heterocycles. The van der Waals surface area contributed by atoms with Crippen LogP contribution in [-0.2, 0) is 0 Å². The van der Waals surface area contributed by atoms with E-state index in [0.29, 0.717) is 49.0 Å². The maximum Gasteiger partial charge on any atom is 0.259 e. The molecule has 1 amide bonds. The van der Waals surface area contributed by atoms with Crippen molar-refractivity contribution in [3.05, 3.63) is 88.7 Å². The van der Waals surface area contributed by atoms with Crippen molar-refractivity contribution in [2.24, 2.45) is 0 Å². The van der Waals surface area contributed by atoms with Gasteiger partial charge in [0.05, 0.1) is 41.6 Å². The van der Waals surface area contributed by atoms with Crippen LogP contribution in [0.5, 0.6) is 5.75 Å². The van der Waals surface area contributed by atoms with Gasteiger partial charge in [-0.2, -0.15) is 10.5 Å². The van der Waals surface area contributed by atoms with E-state index < -0.39 is 0 Å². The minimum absolute atomic E-state index is 0.324. The molecular formula is C29H20N6O2S. The first-order valence-corrected chi connectivity index (χ1v) is 12.4. The van der Waals surface area contributed by atoms with Gasteiger partial charge in [-0.25, -0.2) is 9.97 Å². The highest BCUT2D eigenvalue weighted by Gasteiger charge is 2.19. The highest BCUT2D eigenvalue weighted by Crippen LogP contribution is 2.35. The Bertz CT molecular complexity index is 1810. The first-order valence-electron chi connectivity index (χ1n) is 11.6. The molecule has 0 aliphatic heterocycles. The van der Waals surface area contributed by atoms with Crippen molar-refractivity contribution in [3.8, 4) is 40.3 Å². The Morgan fingerprint density at radius 3 is 2.42 bits per heavy atom. The molecule has 0 unspecified atom stereocenters. The Balaban J connectivity index is 1.49. The summed E-state index contributed by atoms with van der Waals surface area (Å²) in [7, 11) is 1.54. The van der Waals surface area contributed by atoms with E-state index in [9.17, 15) is 10.1 Å². The van der Waals surface area contributed by atoms with Crippen LogP contribution in [0, 0.1) is 36.5 Å². The first kappa shape index (κ1) is 24.6. The highest BCUT2D eigenvalue weighted by atomic mass is 32.1. The Labute approximate surface area is 222 Å². The van der Waals surface area contributed by atoms with Crippen LogP contribution in [0.2, 0.25) is 0 Å². The quantitative estimate of drug-likeness (QED) is 0.302. The van der Waals surface area contributed by atoms with Crippen LogP contribution in [0.3, 0.4) is 0 Å². The largest absolute Gasteiger partial charge is 0.496 e. The SMILES string of the molecule is COc1ccc(C#N)cc1-c1cc(C)ncc1C(=O)Nc1nc2ccc(-c3ccc(C#N)cc3C)nc2s1. The van der Waals surface area contributed by atoms with Crippen LogP contribution in [-0.4, -0.2) is 28.0 Å². The minimum atomic E-state index is -0.390. The van der Waals surface area contributed by atoms with Crippen LogP contribution >= 0.6 is 11.3 Å². The van der Waals surface area contributed by atoms with Crippen molar-refractivity contribution in [2.45, 2.75) is 13.8 Å². The van der Waals surface area contributed by atoms with E-state index in [1.807, 2.05) is 38.1 Å². The molecule has 0 aliphatic rings. The van der Waals surface area contributed by atoms with Crippen molar-refractivity contribution >= 4 is 32.7 Å². The predicted octanol–water partition coefficient (Wildman–Crippen LogP) is 6.04. The summed E-state index contributed by atoms with van der Waals surface area (Å²) in [5, 5.41) is 21.8. The van der Waals surface area contributed by atoms with Crippen molar-refractivity contribution in [1.82, 2.24) is 15.0 Å². The van der Waals surface area contributed by atoms with Gasteiger partial charge in [0.1, 0.15) is 16.1 Å². The van der Waals surface area contributed by atoms with Crippen LogP contribution < -0.4 is 10.1 Å². The summed E-state index contributed by atoms with van der Waals surface area (Å²) in [5.41, 5.74) is 6.60. The lowest BCUT2D eigenvalue weighted by atomic mass is 9.97. The summed E-state index contributed by atoms with van der Waals surface area (Å²) in [4.78, 5) is 27.7. The monoisotopic (exact) mass is 516 g/mol. The van der Waals surface area contributed by atoms with Gasteiger partial charge in [-0.05, 0) is 67.9 Å². The lowest BCUT2D eigenvalue weighted by Gasteiger charge is -2.13. The number of hydrogen-bond donors (Lipinski definition) is 1. The molecule has 2 aromatic carbocycles. The summed E-state index contributed by atoms with van der Waals surface area (Å²) in [5.74, 6) is 0.151. The second-order valence-electron chi connectivity index (χ2n) is 8.53. The fourth-order valence-corrected chi connectivity index (χ4v) is 4.99. The third-order valence-electron chi connectivity index (χ3n) is 6.01. The molecule has 0 saturated carbocycles. The van der Waals surface area contributed by atoms with Crippen molar-refractivity contribution in [3.63, 3.8) is 0 Å². The topological polar surface area (TPSA) is 125 Å². The lowest BCUT2D eigenvalue weighted by Crippen LogP contribution is -2.14. The van der Waals surface area contributed by atoms with Gasteiger partial charge in [-0.3, -0.25) is 15.1 Å². The molecule has 0 saturated heterocycles. The number of benzene rings is 2. The lowest BCUT2D eigenvalue weighted by molar-refractivity contribution is 0.102. The van der Waals surface area contributed by atoms with Gasteiger partial charge in [0.25, 0.3) is 5.91 Å². The number of aryl methyl sites for hydroxylation is 2. The van der Waals surface area contributed by atoms with E-state index in [1.165, 1.54) is 17.5 Å². The number of amides is 1. The number of nitriles is 2. The number of hydrogen-bond acceptors (Lipinski definition) is 8. The molecule has 8 nitrogen and oxygen atoms in total. The zero-order valence-electron chi connectivity index (χ0n) is 20.7. The average molecular weight is 517 g/mol. The molecule has 0 aliphatic carbocycles. The molecule has 9 heteroatoms. The summed E-state index contributed by atoms with van der Waals surface area (Å²) in [6, 6.07) is 20.3. The fourth-order valence-electron chi connectivity index (χ4n) is 4.16. The van der Waals surface area contributed by atoms with Gasteiger partial charge in [-0.1, -0.05) is 17.4 Å². The number of pyridine rings is 2. The Kier molecular flexibility index (Phi) is 6.53. The predicted molar refractivity (Wildman–Crippen MR) is 146 cm³/mol. The smallest absolute Gasteiger partial charge is 0.259 e. The number of nitrogens with one attached hydrogen (secondary N) is 1. The molecule has 0 radical (unpaired) electrons. The number of aromatic nitrogens is 3. The summed E-state index contributed by atoms with van der Waals surface area (Å²) in [6.45, 7) is 3.77. The van der Waals surface area contributed by atoms with E-state index in [2.05, 4.69) is 27.4 Å². The molecule has 38 heavy (non-hydrogen) atoms. The number of nitrogens with zero attached hydrogens (tertiary/aromatic N) is 5. The average Bonchev–Trinajstić information content (AvgIpc) is 3.33. The van der Waals surface area contributed by atoms with Gasteiger partial charge in [0, 0.05) is 28.6 Å². The number of ether oxygens (including phenoxy) is 1. The molecule has 3 aromatic heterocycles. The summed E-state index contributed by atoms with van der Waals surface area (Å²) >= 11 is 1.27. The van der Waals surface area contributed by atoms with Gasteiger partial charge in [0.15, 0.2) is 5.13 Å². The van der Waals surface area contributed by atoms with E-state index in [0.717, 1.165) is 22.5 Å². The number of anilines is 1. The Hall–Kier alpha value is -5.12. The second-order valence-corrected chi connectivity index (χ2v) is 9.51. The third kappa shape index (κ3) is 4.66. The standard InChI is InChI=1S/C29H20N6O2S/c1-16-10-18(13-30)4-6-20(16)24-7-8-25-28(33-24)38-29(34-25)35-27(36)23-15-32-17(2)11-21(23)22-12-19(14-31)5-9-26(22)37-3/h4-12,15H,1-3H3,(H,34,35,36). The minimum Gasteiger partial charge on any atom is -0.496 e. The normalized spacial score (nSPS) is 10.6. The van der Waals surface area contributed by atoms with E-state index in [-0.39, 0.29) is 5.91 Å². The number of thiazole rings is 1. The van der Waals surface area contributed by atoms with Gasteiger partial charge >= 0.3 is 0 Å². The number of carbonyl (C=O) groups is 1. The molecule has 0 atom stereocenters. The van der Waals surface area contributed by atoms with Gasteiger partial charge < -0.3 is 4.74 Å². The maximum atomic E-state index is 13.4. The number of carbonyl (C=O) groups excluding carboxylic acids is 1. The van der Waals surface area contributed by atoms with Crippen LogP contribution in [0.25, 0.3) is 32.7 Å². The highest BCUT2D eigenvalue weighted by molar-refractivity contribution is 7.22. The summed E-state index contributed by atoms with van der Waals surface area (Å²) < 4.78 is 5.51. The van der Waals surface area contributed by atoms with Crippen molar-refractivity contribution < 1.29 is 9.53 Å². The zero-order chi connectivity index (χ0) is 26.8. The number of methoxy groups -OCH3 is 1. The number of fused-ring (bicyclic) bond motifs is 1. The van der Waals surface area contributed by atoms with Gasteiger partial charge in [0.2, 0.25) is 0 Å². The third-order valence-corrected chi connectivity index (χ3v) is 6.89. The van der Waals surface area contributed by atoms with Crippen LogP contribution in [0.15, 0.2) is 60.8 Å². The fraction of sp³-hybridized carbons (Fsp3) is 0.103. The second kappa shape index (κ2) is 10.1. The molecule has 184 valence electrons. The van der Waals surface area contributed by atoms with Crippen molar-refractivity contribution in [2.75, 3.05) is 12.4 Å². The van der Waals surface area contributed by atoms with E-state index >= 15 is 0 Å². The molecule has 5 aromatic rings. The van der Waals surface area contributed by atoms with Crippen molar-refractivity contribution in [1.29, 1.82) is 10.5 Å². The molecular weight excluding hydrogens is 496 g/mol. The van der Waals surface area contributed by atoms with E-state index in [1.54, 1.807) is 37.4 Å². The van der Waals surface area contributed by atoms with Gasteiger partial charge in [-0.15, -0.1) is 0 Å². The molecule has 0 spiro atoms. The Morgan fingerprint density at radius 1 is 0.921 bits per heavy atom. The summed E-state index contributed by atoms with van der Waals surface area (Å²) in [6.07, 6.45) is 1.51. The van der Waals surface area contributed by atoms with E-state index in [4.69, 9.17) is 15.0 Å². The molecule has 1 N–H and O–H groups in total. The first-order chi connectivity index (χ1) is 18.4. The number of rotatable bonds is 5. The van der Waals surface area contributed by atoms with Crippen LogP contribution in [0.1, 0.15) is 32.7 Å². The Morgan fingerprint density at radius 2 is 1.68 bits per heavy atom.